The van der Waals surface area contributed by atoms with Crippen LogP contribution < -0.4 is 0 Å². The smallest absolute Gasteiger partial charge is 0.183 e. The Labute approximate surface area is 278 Å². The van der Waals surface area contributed by atoms with E-state index in [9.17, 15) is 0 Å². The molecule has 0 amide bonds. The molecule has 0 aliphatic carbocycles. The molecule has 0 fully saturated rings. The van der Waals surface area contributed by atoms with Gasteiger partial charge in [-0.2, -0.15) is 0 Å². The van der Waals surface area contributed by atoms with Crippen molar-refractivity contribution in [2.45, 2.75) is 0 Å². The van der Waals surface area contributed by atoms with Gasteiger partial charge in [-0.1, -0.05) is 115 Å². The van der Waals surface area contributed by atoms with Crippen molar-refractivity contribution in [3.63, 3.8) is 0 Å². The van der Waals surface area contributed by atoms with E-state index in [-0.39, 0.29) is 0 Å². The summed E-state index contributed by atoms with van der Waals surface area (Å²) in [5.41, 5.74) is 6.40. The molecule has 5 nitrogen and oxygen atoms in total. The third-order valence-corrected chi connectivity index (χ3v) is 10.2. The van der Waals surface area contributed by atoms with E-state index in [4.69, 9.17) is 24.4 Å². The molecule has 0 unspecified atom stereocenters. The fraction of sp³-hybridized carbons (Fsp3) is 0. The zero-order chi connectivity index (χ0) is 31.6. The lowest BCUT2D eigenvalue weighted by atomic mass is 10.0. The van der Waals surface area contributed by atoms with Gasteiger partial charge in [-0.05, 0) is 40.8 Å². The highest BCUT2D eigenvalue weighted by molar-refractivity contribution is 7.26. The summed E-state index contributed by atoms with van der Waals surface area (Å²) in [6, 6.07) is 48.1. The maximum Gasteiger partial charge on any atom is 0.183 e. The van der Waals surface area contributed by atoms with E-state index in [1.54, 1.807) is 17.5 Å². The van der Waals surface area contributed by atoms with Crippen LogP contribution in [0.25, 0.3) is 98.3 Å². The molecule has 0 radical (unpaired) electrons. The molecule has 0 aliphatic heterocycles. The molecule has 48 heavy (non-hydrogen) atoms. The zero-order valence-corrected chi connectivity index (χ0v) is 26.3. The van der Waals surface area contributed by atoms with Gasteiger partial charge in [0.2, 0.25) is 0 Å². The lowest BCUT2D eigenvalue weighted by Crippen LogP contribution is -2.01. The van der Waals surface area contributed by atoms with Gasteiger partial charge >= 0.3 is 0 Å². The van der Waals surface area contributed by atoms with Crippen molar-refractivity contribution in [3.8, 4) is 45.4 Å². The molecule has 0 spiro atoms. The van der Waals surface area contributed by atoms with Gasteiger partial charge in [0, 0.05) is 48.3 Å². The van der Waals surface area contributed by atoms with Crippen LogP contribution in [0.1, 0.15) is 0 Å². The molecule has 0 saturated carbocycles. The maximum atomic E-state index is 6.49. The Morgan fingerprint density at radius 3 is 2.08 bits per heavy atom. The van der Waals surface area contributed by atoms with Crippen LogP contribution in [0.15, 0.2) is 150 Å². The van der Waals surface area contributed by atoms with Crippen molar-refractivity contribution in [2.75, 3.05) is 0 Å². The van der Waals surface area contributed by atoms with E-state index in [0.29, 0.717) is 23.2 Å². The minimum absolute atomic E-state index is 0.502. The van der Waals surface area contributed by atoms with Gasteiger partial charge < -0.3 is 4.42 Å². The highest BCUT2D eigenvalue weighted by Gasteiger charge is 2.21. The van der Waals surface area contributed by atoms with E-state index in [1.807, 2.05) is 24.3 Å². The molecule has 0 saturated heterocycles. The lowest BCUT2D eigenvalue weighted by molar-refractivity contribution is 0.672. The first-order chi connectivity index (χ1) is 23.8. The van der Waals surface area contributed by atoms with Gasteiger partial charge in [-0.25, -0.2) is 15.0 Å². The standard InChI is InChI=1S/C42H24N4OS/c1-2-9-25(10-3-1)26-17-19-28(20-18-26)40-44-41(33-15-8-14-31-30-13-6-7-16-35(30)48-39(31)33)46-42(45-40)37-36-32-22-21-27-11-4-5-12-29(27)38(32)47-34(36)23-24-43-37/h1-24H. The third-order valence-electron chi connectivity index (χ3n) is 9.02. The largest absolute Gasteiger partial charge is 0.455 e. The Morgan fingerprint density at radius 1 is 0.479 bits per heavy atom. The summed E-state index contributed by atoms with van der Waals surface area (Å²) in [5.74, 6) is 1.70. The molecule has 6 aromatic carbocycles. The van der Waals surface area contributed by atoms with Crippen LogP contribution in [0, 0.1) is 0 Å². The monoisotopic (exact) mass is 632 g/mol. The molecule has 0 bridgehead atoms. The SMILES string of the molecule is c1ccc(-c2ccc(-c3nc(-c4cccc5c4sc4ccccc45)nc(-c4nccc5oc6c7ccccc7ccc6c45)n3)cc2)cc1. The van der Waals surface area contributed by atoms with E-state index in [1.165, 1.54) is 15.5 Å². The number of nitrogens with zero attached hydrogens (tertiary/aromatic N) is 4. The number of thiophene rings is 1. The summed E-state index contributed by atoms with van der Waals surface area (Å²) >= 11 is 1.76. The highest BCUT2D eigenvalue weighted by Crippen LogP contribution is 2.41. The minimum Gasteiger partial charge on any atom is -0.455 e. The molecule has 0 atom stereocenters. The van der Waals surface area contributed by atoms with Crippen LogP contribution in [0.2, 0.25) is 0 Å². The van der Waals surface area contributed by atoms with Gasteiger partial charge in [0.05, 0.1) is 5.39 Å². The molecule has 0 aliphatic rings. The molecule has 4 aromatic heterocycles. The van der Waals surface area contributed by atoms with Crippen molar-refractivity contribution in [3.05, 3.63) is 146 Å². The summed E-state index contributed by atoms with van der Waals surface area (Å²) in [6.45, 7) is 0. The Balaban J connectivity index is 1.22. The average molecular weight is 633 g/mol. The quantitative estimate of drug-likeness (QED) is 0.193. The van der Waals surface area contributed by atoms with E-state index in [2.05, 4.69) is 115 Å². The normalized spacial score (nSPS) is 11.8. The Kier molecular flexibility index (Phi) is 5.98. The summed E-state index contributed by atoms with van der Waals surface area (Å²) < 4.78 is 8.87. The van der Waals surface area contributed by atoms with Crippen molar-refractivity contribution >= 4 is 64.2 Å². The molecular weight excluding hydrogens is 609 g/mol. The average Bonchev–Trinajstić information content (AvgIpc) is 3.74. The van der Waals surface area contributed by atoms with Gasteiger partial charge in [-0.15, -0.1) is 11.3 Å². The second-order valence-corrected chi connectivity index (χ2v) is 12.9. The van der Waals surface area contributed by atoms with E-state index < -0.39 is 0 Å². The fourth-order valence-electron chi connectivity index (χ4n) is 6.72. The topological polar surface area (TPSA) is 64.7 Å². The molecule has 4 heterocycles. The maximum absolute atomic E-state index is 6.49. The predicted octanol–water partition coefficient (Wildman–Crippen LogP) is 11.4. The number of aromatic nitrogens is 4. The number of fused-ring (bicyclic) bond motifs is 8. The predicted molar refractivity (Wildman–Crippen MR) is 197 cm³/mol. The Hall–Kier alpha value is -6.24. The van der Waals surface area contributed by atoms with Crippen LogP contribution in [0.5, 0.6) is 0 Å². The summed E-state index contributed by atoms with van der Waals surface area (Å²) in [5, 5.41) is 6.48. The van der Waals surface area contributed by atoms with Gasteiger partial charge in [0.25, 0.3) is 0 Å². The summed E-state index contributed by atoms with van der Waals surface area (Å²) in [4.78, 5) is 20.3. The van der Waals surface area contributed by atoms with Crippen molar-refractivity contribution in [1.82, 2.24) is 19.9 Å². The summed E-state index contributed by atoms with van der Waals surface area (Å²) in [6.07, 6.45) is 1.77. The number of pyridine rings is 1. The highest BCUT2D eigenvalue weighted by atomic mass is 32.1. The zero-order valence-electron chi connectivity index (χ0n) is 25.5. The van der Waals surface area contributed by atoms with Crippen LogP contribution in [-0.2, 0) is 0 Å². The number of furan rings is 1. The van der Waals surface area contributed by atoms with Gasteiger partial charge in [0.15, 0.2) is 17.5 Å². The van der Waals surface area contributed by atoms with Crippen LogP contribution in [-0.4, -0.2) is 19.9 Å². The third kappa shape index (κ3) is 4.24. The molecule has 224 valence electrons. The molecule has 10 aromatic rings. The van der Waals surface area contributed by atoms with Gasteiger partial charge in [0.1, 0.15) is 16.9 Å². The number of hydrogen-bond donors (Lipinski definition) is 0. The molecule has 10 rings (SSSR count). The van der Waals surface area contributed by atoms with Gasteiger partial charge in [-0.3, -0.25) is 4.98 Å². The molecule has 0 N–H and O–H groups in total. The fourth-order valence-corrected chi connectivity index (χ4v) is 7.93. The van der Waals surface area contributed by atoms with Crippen molar-refractivity contribution < 1.29 is 4.42 Å². The van der Waals surface area contributed by atoms with Crippen LogP contribution in [0.3, 0.4) is 0 Å². The second kappa shape index (κ2) is 10.7. The van der Waals surface area contributed by atoms with Crippen LogP contribution in [0.4, 0.5) is 0 Å². The first-order valence-corrected chi connectivity index (χ1v) is 16.6. The second-order valence-electron chi connectivity index (χ2n) is 11.8. The van der Waals surface area contributed by atoms with E-state index >= 15 is 0 Å². The molecule has 6 heteroatoms. The van der Waals surface area contributed by atoms with Crippen molar-refractivity contribution in [1.29, 1.82) is 0 Å². The lowest BCUT2D eigenvalue weighted by Gasteiger charge is -2.10. The Bertz CT molecular complexity index is 2840. The van der Waals surface area contributed by atoms with Crippen molar-refractivity contribution in [2.24, 2.45) is 0 Å². The van der Waals surface area contributed by atoms with Crippen LogP contribution >= 0.6 is 11.3 Å². The number of benzene rings is 6. The number of rotatable bonds is 4. The Morgan fingerprint density at radius 2 is 1.19 bits per heavy atom. The summed E-state index contributed by atoms with van der Waals surface area (Å²) in [7, 11) is 0. The first-order valence-electron chi connectivity index (χ1n) is 15.8. The molecular formula is C42H24N4OS. The first kappa shape index (κ1) is 26.9. The minimum atomic E-state index is 0.502. The number of hydrogen-bond acceptors (Lipinski definition) is 6. The van der Waals surface area contributed by atoms with E-state index in [0.717, 1.165) is 59.7 Å².